The third-order valence-corrected chi connectivity index (χ3v) is 3.43. The molecule has 0 saturated heterocycles. The van der Waals surface area contributed by atoms with Crippen LogP contribution < -0.4 is 11.1 Å². The lowest BCUT2D eigenvalue weighted by molar-refractivity contribution is -0.123. The lowest BCUT2D eigenvalue weighted by Gasteiger charge is -2.24. The van der Waals surface area contributed by atoms with Crippen LogP contribution in [0, 0.1) is 5.92 Å². The summed E-state index contributed by atoms with van der Waals surface area (Å²) in [5.41, 5.74) is 5.73. The quantitative estimate of drug-likeness (QED) is 0.670. The molecule has 2 atom stereocenters. The molecular formula is C12H22F2N2O2. The molecule has 0 aromatic carbocycles. The second-order valence-corrected chi connectivity index (χ2v) is 4.99. The van der Waals surface area contributed by atoms with Crippen molar-refractivity contribution in [2.24, 2.45) is 11.7 Å². The maximum Gasteiger partial charge on any atom is 0.265 e. The van der Waals surface area contributed by atoms with Crippen molar-refractivity contribution in [2.75, 3.05) is 6.54 Å². The monoisotopic (exact) mass is 264 g/mol. The fourth-order valence-electron chi connectivity index (χ4n) is 2.31. The lowest BCUT2D eigenvalue weighted by atomic mass is 9.85. The minimum atomic E-state index is -2.85. The van der Waals surface area contributed by atoms with E-state index in [1.54, 1.807) is 0 Å². The first-order valence-electron chi connectivity index (χ1n) is 6.50. The van der Waals surface area contributed by atoms with Crippen molar-refractivity contribution in [1.82, 2.24) is 5.32 Å². The van der Waals surface area contributed by atoms with Gasteiger partial charge in [-0.25, -0.2) is 8.78 Å². The van der Waals surface area contributed by atoms with E-state index >= 15 is 0 Å². The number of nitrogens with two attached hydrogens (primary N) is 1. The number of aliphatic hydroxyl groups excluding tert-OH is 1. The minimum absolute atomic E-state index is 0.450. The number of hydrogen-bond acceptors (Lipinski definition) is 3. The van der Waals surface area contributed by atoms with Gasteiger partial charge < -0.3 is 16.2 Å². The zero-order valence-electron chi connectivity index (χ0n) is 10.4. The van der Waals surface area contributed by atoms with Gasteiger partial charge in [-0.3, -0.25) is 4.79 Å². The summed E-state index contributed by atoms with van der Waals surface area (Å²) in [6, 6.07) is -0.669. The van der Waals surface area contributed by atoms with Gasteiger partial charge in [0.25, 0.3) is 6.43 Å². The number of carbonyl (C=O) groups excluding carboxylic acids is 1. The van der Waals surface area contributed by atoms with Gasteiger partial charge in [0.15, 0.2) is 0 Å². The third kappa shape index (κ3) is 5.27. The molecule has 1 aliphatic rings. The Morgan fingerprint density at radius 2 is 1.94 bits per heavy atom. The second kappa shape index (κ2) is 7.63. The average Bonchev–Trinajstić information content (AvgIpc) is 2.36. The Morgan fingerprint density at radius 1 is 1.33 bits per heavy atom. The summed E-state index contributed by atoms with van der Waals surface area (Å²) in [4.78, 5) is 11.6. The van der Waals surface area contributed by atoms with E-state index in [0.717, 1.165) is 12.8 Å². The van der Waals surface area contributed by atoms with E-state index < -0.39 is 31.0 Å². The Kier molecular flexibility index (Phi) is 6.49. The Labute approximate surface area is 106 Å². The summed E-state index contributed by atoms with van der Waals surface area (Å²) in [5.74, 6) is -0.000189. The van der Waals surface area contributed by atoms with E-state index in [1.807, 2.05) is 0 Å². The molecule has 1 rings (SSSR count). The molecule has 0 radical (unpaired) electrons. The molecule has 0 bridgehead atoms. The molecule has 0 heterocycles. The summed E-state index contributed by atoms with van der Waals surface area (Å²) < 4.78 is 24.0. The maximum atomic E-state index is 12.0. The number of hydrogen-bond donors (Lipinski definition) is 3. The van der Waals surface area contributed by atoms with Crippen LogP contribution in [0.15, 0.2) is 0 Å². The highest BCUT2D eigenvalue weighted by molar-refractivity contribution is 5.81. The normalized spacial score (nSPS) is 20.7. The van der Waals surface area contributed by atoms with Gasteiger partial charge in [-0.15, -0.1) is 0 Å². The van der Waals surface area contributed by atoms with E-state index in [0.29, 0.717) is 12.3 Å². The summed E-state index contributed by atoms with van der Waals surface area (Å²) in [6.07, 6.45) is 1.67. The Morgan fingerprint density at radius 3 is 2.50 bits per heavy atom. The van der Waals surface area contributed by atoms with Gasteiger partial charge in [-0.1, -0.05) is 32.1 Å². The van der Waals surface area contributed by atoms with E-state index in [2.05, 4.69) is 5.32 Å². The van der Waals surface area contributed by atoms with Crippen molar-refractivity contribution < 1.29 is 18.7 Å². The molecule has 2 unspecified atom stereocenters. The van der Waals surface area contributed by atoms with Crippen molar-refractivity contribution in [3.63, 3.8) is 0 Å². The molecule has 0 spiro atoms. The van der Waals surface area contributed by atoms with Gasteiger partial charge >= 0.3 is 0 Å². The van der Waals surface area contributed by atoms with Crippen molar-refractivity contribution in [2.45, 2.75) is 57.1 Å². The maximum absolute atomic E-state index is 12.0. The number of alkyl halides is 2. The summed E-state index contributed by atoms with van der Waals surface area (Å²) in [6.45, 7) is -0.450. The predicted octanol–water partition coefficient (Wildman–Crippen LogP) is 1.03. The third-order valence-electron chi connectivity index (χ3n) is 3.43. The predicted molar refractivity (Wildman–Crippen MR) is 64.2 cm³/mol. The molecule has 4 nitrogen and oxygen atoms in total. The number of aliphatic hydroxyl groups is 1. The van der Waals surface area contributed by atoms with E-state index in [4.69, 9.17) is 10.8 Å². The molecule has 106 valence electrons. The fourth-order valence-corrected chi connectivity index (χ4v) is 2.31. The van der Waals surface area contributed by atoms with Crippen LogP contribution in [0.25, 0.3) is 0 Å². The SMILES string of the molecule is NC(CC1CCCCC1)C(=O)NCC(O)C(F)F. The lowest BCUT2D eigenvalue weighted by Crippen LogP contribution is -2.45. The fraction of sp³-hybridized carbons (Fsp3) is 0.917. The number of carbonyl (C=O) groups is 1. The molecule has 18 heavy (non-hydrogen) atoms. The number of amides is 1. The number of halogens is 2. The van der Waals surface area contributed by atoms with E-state index in [-0.39, 0.29) is 0 Å². The highest BCUT2D eigenvalue weighted by Crippen LogP contribution is 2.26. The standard InChI is InChI=1S/C12H22F2N2O2/c13-11(14)10(17)7-16-12(18)9(15)6-8-4-2-1-3-5-8/h8-11,17H,1-7,15H2,(H,16,18). The van der Waals surface area contributed by atoms with Gasteiger partial charge in [0, 0.05) is 6.54 Å². The van der Waals surface area contributed by atoms with Gasteiger partial charge in [-0.2, -0.15) is 0 Å². The second-order valence-electron chi connectivity index (χ2n) is 4.99. The first kappa shape index (κ1) is 15.3. The van der Waals surface area contributed by atoms with Crippen LogP contribution in [0.4, 0.5) is 8.78 Å². The Hall–Kier alpha value is -0.750. The molecule has 1 aliphatic carbocycles. The van der Waals surface area contributed by atoms with E-state index in [1.165, 1.54) is 19.3 Å². The number of nitrogens with one attached hydrogen (secondary N) is 1. The Balaban J connectivity index is 2.23. The first-order chi connectivity index (χ1) is 8.50. The topological polar surface area (TPSA) is 75.4 Å². The first-order valence-corrected chi connectivity index (χ1v) is 6.50. The van der Waals surface area contributed by atoms with Crippen LogP contribution in [-0.4, -0.2) is 36.1 Å². The van der Waals surface area contributed by atoms with Gasteiger partial charge in [0.1, 0.15) is 6.10 Å². The highest BCUT2D eigenvalue weighted by Gasteiger charge is 2.23. The van der Waals surface area contributed by atoms with Crippen LogP contribution in [0.2, 0.25) is 0 Å². The summed E-state index contributed by atoms with van der Waals surface area (Å²) in [5, 5.41) is 11.1. The minimum Gasteiger partial charge on any atom is -0.385 e. The molecule has 4 N–H and O–H groups in total. The van der Waals surface area contributed by atoms with Gasteiger partial charge in [0.05, 0.1) is 6.04 Å². The largest absolute Gasteiger partial charge is 0.385 e. The average molecular weight is 264 g/mol. The highest BCUT2D eigenvalue weighted by atomic mass is 19.3. The number of rotatable bonds is 6. The molecule has 0 aromatic heterocycles. The van der Waals surface area contributed by atoms with Crippen molar-refractivity contribution in [3.8, 4) is 0 Å². The Bertz CT molecular complexity index is 258. The smallest absolute Gasteiger partial charge is 0.265 e. The van der Waals surface area contributed by atoms with Crippen molar-refractivity contribution in [3.05, 3.63) is 0 Å². The summed E-state index contributed by atoms with van der Waals surface area (Å²) in [7, 11) is 0. The molecule has 0 aromatic rings. The van der Waals surface area contributed by atoms with Gasteiger partial charge in [-0.05, 0) is 12.3 Å². The van der Waals surface area contributed by atoms with Crippen LogP contribution in [0.3, 0.4) is 0 Å². The molecule has 1 amide bonds. The molecule has 0 aliphatic heterocycles. The van der Waals surface area contributed by atoms with Crippen LogP contribution in [-0.2, 0) is 4.79 Å². The van der Waals surface area contributed by atoms with Gasteiger partial charge in [0.2, 0.25) is 5.91 Å². The molecule has 1 saturated carbocycles. The summed E-state index contributed by atoms with van der Waals surface area (Å²) >= 11 is 0. The molecular weight excluding hydrogens is 242 g/mol. The van der Waals surface area contributed by atoms with Crippen LogP contribution in [0.1, 0.15) is 38.5 Å². The van der Waals surface area contributed by atoms with Crippen molar-refractivity contribution >= 4 is 5.91 Å². The van der Waals surface area contributed by atoms with Crippen LogP contribution >= 0.6 is 0 Å². The molecule has 6 heteroatoms. The van der Waals surface area contributed by atoms with Crippen LogP contribution in [0.5, 0.6) is 0 Å². The molecule has 1 fully saturated rings. The van der Waals surface area contributed by atoms with E-state index in [9.17, 15) is 13.6 Å². The zero-order valence-corrected chi connectivity index (χ0v) is 10.4. The zero-order chi connectivity index (χ0) is 13.5. The van der Waals surface area contributed by atoms with Crippen molar-refractivity contribution in [1.29, 1.82) is 0 Å².